The molecule has 0 amide bonds. The molecule has 92 valence electrons. The lowest BCUT2D eigenvalue weighted by Gasteiger charge is -2.03. The van der Waals surface area contributed by atoms with Crippen LogP contribution in [-0.2, 0) is 6.42 Å². The number of nitrogens with one attached hydrogen (secondary N) is 2. The van der Waals surface area contributed by atoms with E-state index in [1.54, 1.807) is 0 Å². The Morgan fingerprint density at radius 3 is 3.00 bits per heavy atom. The van der Waals surface area contributed by atoms with Crippen LogP contribution in [0, 0.1) is 0 Å². The summed E-state index contributed by atoms with van der Waals surface area (Å²) in [6.07, 6.45) is 6.65. The lowest BCUT2D eigenvalue weighted by molar-refractivity contribution is 0.676. The Balaban J connectivity index is 1.79. The molecule has 1 heterocycles. The maximum atomic E-state index is 3.50. The molecule has 1 aromatic heterocycles. The average molecular weight is 248 g/mol. The number of aromatic nitrogens is 1. The summed E-state index contributed by atoms with van der Waals surface area (Å²) in [5.74, 6) is 1.25. The molecular weight excluding hydrogens is 228 g/mol. The fourth-order valence-corrected chi connectivity index (χ4v) is 2.46. The summed E-state index contributed by atoms with van der Waals surface area (Å²) in [6.45, 7) is 2.19. The molecule has 2 nitrogen and oxygen atoms in total. The molecule has 2 N–H and O–H groups in total. The fourth-order valence-electron chi connectivity index (χ4n) is 2.03. The predicted molar refractivity (Wildman–Crippen MR) is 77.9 cm³/mol. The second-order valence-corrected chi connectivity index (χ2v) is 5.19. The normalized spacial score (nSPS) is 11.1. The second-order valence-electron chi connectivity index (χ2n) is 4.21. The number of aromatic amines is 1. The minimum atomic E-state index is 1.07. The van der Waals surface area contributed by atoms with E-state index in [2.05, 4.69) is 47.0 Å². The molecule has 17 heavy (non-hydrogen) atoms. The van der Waals surface area contributed by atoms with Gasteiger partial charge in [-0.1, -0.05) is 18.2 Å². The molecular formula is C14H20N2S. The molecule has 0 spiro atoms. The number of thioether (sulfide) groups is 1. The van der Waals surface area contributed by atoms with Crippen LogP contribution < -0.4 is 5.32 Å². The molecule has 0 radical (unpaired) electrons. The minimum Gasteiger partial charge on any atom is -0.361 e. The highest BCUT2D eigenvalue weighted by Crippen LogP contribution is 2.17. The summed E-state index contributed by atoms with van der Waals surface area (Å²) in [4.78, 5) is 3.32. The summed E-state index contributed by atoms with van der Waals surface area (Å²) < 4.78 is 0. The van der Waals surface area contributed by atoms with Gasteiger partial charge in [0.15, 0.2) is 0 Å². The van der Waals surface area contributed by atoms with Gasteiger partial charge in [-0.3, -0.25) is 0 Å². The number of hydrogen-bond acceptors (Lipinski definition) is 2. The van der Waals surface area contributed by atoms with Crippen molar-refractivity contribution in [1.29, 1.82) is 0 Å². The van der Waals surface area contributed by atoms with Gasteiger partial charge >= 0.3 is 0 Å². The Morgan fingerprint density at radius 1 is 1.24 bits per heavy atom. The first-order chi connectivity index (χ1) is 8.42. The monoisotopic (exact) mass is 248 g/mol. The van der Waals surface area contributed by atoms with Crippen LogP contribution >= 0.6 is 11.8 Å². The number of hydrogen-bond donors (Lipinski definition) is 2. The Labute approximate surface area is 107 Å². The molecule has 0 bridgehead atoms. The van der Waals surface area contributed by atoms with Crippen molar-refractivity contribution < 1.29 is 0 Å². The molecule has 0 saturated heterocycles. The number of H-pyrrole nitrogens is 1. The quantitative estimate of drug-likeness (QED) is 0.737. The molecule has 0 fully saturated rings. The third kappa shape index (κ3) is 3.51. The van der Waals surface area contributed by atoms with Crippen molar-refractivity contribution in [3.05, 3.63) is 36.0 Å². The van der Waals surface area contributed by atoms with Crippen LogP contribution in [0.2, 0.25) is 0 Å². The van der Waals surface area contributed by atoms with Gasteiger partial charge in [-0.2, -0.15) is 11.8 Å². The first-order valence-corrected chi connectivity index (χ1v) is 7.56. The van der Waals surface area contributed by atoms with Crippen LogP contribution in [0.25, 0.3) is 10.9 Å². The van der Waals surface area contributed by atoms with Crippen molar-refractivity contribution in [2.24, 2.45) is 0 Å². The van der Waals surface area contributed by atoms with Crippen LogP contribution in [-0.4, -0.2) is 30.1 Å². The van der Waals surface area contributed by atoms with Gasteiger partial charge in [0.25, 0.3) is 0 Å². The van der Waals surface area contributed by atoms with E-state index >= 15 is 0 Å². The summed E-state index contributed by atoms with van der Waals surface area (Å²) >= 11 is 1.91. The van der Waals surface area contributed by atoms with Crippen molar-refractivity contribution in [1.82, 2.24) is 10.3 Å². The molecule has 0 atom stereocenters. The molecule has 2 rings (SSSR count). The smallest absolute Gasteiger partial charge is 0.0456 e. The van der Waals surface area contributed by atoms with Crippen molar-refractivity contribution in [2.75, 3.05) is 25.1 Å². The Morgan fingerprint density at radius 2 is 2.12 bits per heavy atom. The van der Waals surface area contributed by atoms with Crippen molar-refractivity contribution in [3.8, 4) is 0 Å². The Bertz CT molecular complexity index is 450. The van der Waals surface area contributed by atoms with Crippen molar-refractivity contribution >= 4 is 22.7 Å². The van der Waals surface area contributed by atoms with Crippen molar-refractivity contribution in [2.45, 2.75) is 12.8 Å². The van der Waals surface area contributed by atoms with Crippen LogP contribution in [0.15, 0.2) is 30.5 Å². The third-order valence-electron chi connectivity index (χ3n) is 2.95. The molecule has 0 unspecified atom stereocenters. The first kappa shape index (κ1) is 12.5. The molecule has 3 heteroatoms. The van der Waals surface area contributed by atoms with Crippen LogP contribution in [0.1, 0.15) is 12.0 Å². The molecule has 0 saturated carbocycles. The highest BCUT2D eigenvalue weighted by Gasteiger charge is 2.01. The summed E-state index contributed by atoms with van der Waals surface area (Å²) in [5, 5.41) is 4.86. The van der Waals surface area contributed by atoms with Gasteiger partial charge in [0.2, 0.25) is 0 Å². The topological polar surface area (TPSA) is 27.8 Å². The van der Waals surface area contributed by atoms with E-state index in [1.807, 2.05) is 11.8 Å². The van der Waals surface area contributed by atoms with E-state index in [1.165, 1.54) is 28.6 Å². The van der Waals surface area contributed by atoms with Crippen LogP contribution in [0.4, 0.5) is 0 Å². The van der Waals surface area contributed by atoms with E-state index in [9.17, 15) is 0 Å². The number of benzene rings is 1. The van der Waals surface area contributed by atoms with E-state index in [-0.39, 0.29) is 0 Å². The van der Waals surface area contributed by atoms with Gasteiger partial charge in [0.05, 0.1) is 0 Å². The fraction of sp³-hybridized carbons (Fsp3) is 0.429. The summed E-state index contributed by atoms with van der Waals surface area (Å²) in [5.41, 5.74) is 2.66. The number of fused-ring (bicyclic) bond motifs is 1. The molecule has 0 aliphatic carbocycles. The summed E-state index contributed by atoms with van der Waals surface area (Å²) in [6, 6.07) is 8.49. The third-order valence-corrected chi connectivity index (χ3v) is 3.64. The van der Waals surface area contributed by atoms with Gasteiger partial charge in [0, 0.05) is 17.1 Å². The zero-order chi connectivity index (χ0) is 11.9. The van der Waals surface area contributed by atoms with E-state index < -0.39 is 0 Å². The standard InChI is InChI=1S/C14H20N2S/c1-17-10-4-8-15-9-7-12-11-16-14-6-3-2-5-13(12)14/h2-3,5-6,11,15-16H,4,7-10H2,1H3. The minimum absolute atomic E-state index is 1.07. The number of rotatable bonds is 7. The predicted octanol–water partition coefficient (Wildman–Crippen LogP) is 3.05. The zero-order valence-corrected chi connectivity index (χ0v) is 11.1. The highest BCUT2D eigenvalue weighted by atomic mass is 32.2. The SMILES string of the molecule is CSCCCNCCc1c[nH]c2ccccc12. The maximum Gasteiger partial charge on any atom is 0.0456 e. The second kappa shape index (κ2) is 6.72. The van der Waals surface area contributed by atoms with Crippen LogP contribution in [0.3, 0.4) is 0 Å². The lowest BCUT2D eigenvalue weighted by Crippen LogP contribution is -2.18. The van der Waals surface area contributed by atoms with Crippen LogP contribution in [0.5, 0.6) is 0 Å². The van der Waals surface area contributed by atoms with Gasteiger partial charge in [-0.05, 0) is 49.6 Å². The number of para-hydroxylation sites is 1. The van der Waals surface area contributed by atoms with Gasteiger partial charge < -0.3 is 10.3 Å². The molecule has 0 aliphatic heterocycles. The lowest BCUT2D eigenvalue weighted by atomic mass is 10.1. The largest absolute Gasteiger partial charge is 0.361 e. The van der Waals surface area contributed by atoms with Gasteiger partial charge in [0.1, 0.15) is 0 Å². The van der Waals surface area contributed by atoms with Crippen molar-refractivity contribution in [3.63, 3.8) is 0 Å². The summed E-state index contributed by atoms with van der Waals surface area (Å²) in [7, 11) is 0. The molecule has 1 aromatic carbocycles. The first-order valence-electron chi connectivity index (χ1n) is 6.16. The zero-order valence-electron chi connectivity index (χ0n) is 10.3. The van der Waals surface area contributed by atoms with Gasteiger partial charge in [-0.25, -0.2) is 0 Å². The van der Waals surface area contributed by atoms with Gasteiger partial charge in [-0.15, -0.1) is 0 Å². The maximum absolute atomic E-state index is 3.50. The molecule has 0 aliphatic rings. The molecule has 2 aromatic rings. The highest BCUT2D eigenvalue weighted by molar-refractivity contribution is 7.98. The Kier molecular flexibility index (Phi) is 4.95. The average Bonchev–Trinajstić information content (AvgIpc) is 2.77. The van der Waals surface area contributed by atoms with E-state index in [0.717, 1.165) is 19.5 Å². The van der Waals surface area contributed by atoms with E-state index in [4.69, 9.17) is 0 Å². The van der Waals surface area contributed by atoms with E-state index in [0.29, 0.717) is 0 Å². The Hall–Kier alpha value is -0.930.